The number of fused-ring (bicyclic) bond motifs is 3. The van der Waals surface area contributed by atoms with Crippen molar-refractivity contribution in [3.05, 3.63) is 59.7 Å². The SMILES string of the molecule is O=C(N[C@@H]1O[C@H](C(=O)O)[C@@H](O[C@@H]2O[C@H](C(=O)O)[C@@H](O)[C@H](O)[C@H]2O)[C@H](O)[C@H]1O)OCC1c2ccccc2-c2ccccc21. The lowest BCUT2D eigenvalue weighted by atomic mass is 9.96. The van der Waals surface area contributed by atoms with Crippen LogP contribution < -0.4 is 5.32 Å². The first-order valence-electron chi connectivity index (χ1n) is 12.9. The Morgan fingerprint density at radius 1 is 0.714 bits per heavy atom. The highest BCUT2D eigenvalue weighted by Gasteiger charge is 2.54. The summed E-state index contributed by atoms with van der Waals surface area (Å²) >= 11 is 0. The molecule has 1 aliphatic carbocycles. The van der Waals surface area contributed by atoms with Gasteiger partial charge >= 0.3 is 18.0 Å². The topological polar surface area (TPSA) is 242 Å². The van der Waals surface area contributed by atoms with Gasteiger partial charge in [0.25, 0.3) is 0 Å². The minimum absolute atomic E-state index is 0.102. The molecule has 0 aromatic heterocycles. The van der Waals surface area contributed by atoms with Crippen LogP contribution in [-0.4, -0.2) is 122 Å². The fourth-order valence-corrected chi connectivity index (χ4v) is 5.41. The molecule has 0 radical (unpaired) electrons. The molecule has 15 nitrogen and oxygen atoms in total. The fraction of sp³-hybridized carbons (Fsp3) is 0.444. The van der Waals surface area contributed by atoms with Crippen LogP contribution in [0.2, 0.25) is 0 Å². The summed E-state index contributed by atoms with van der Waals surface area (Å²) in [6.45, 7) is -0.102. The molecule has 15 heteroatoms. The van der Waals surface area contributed by atoms with Gasteiger partial charge in [-0.3, -0.25) is 5.32 Å². The molecule has 2 heterocycles. The van der Waals surface area contributed by atoms with Crippen molar-refractivity contribution in [2.75, 3.05) is 6.61 Å². The summed E-state index contributed by atoms with van der Waals surface area (Å²) in [5, 5.41) is 72.4. The van der Waals surface area contributed by atoms with Gasteiger partial charge in [-0.1, -0.05) is 48.5 Å². The van der Waals surface area contributed by atoms with E-state index in [0.29, 0.717) is 0 Å². The molecular formula is C27H29NO14. The molecule has 1 amide bonds. The molecule has 2 aromatic carbocycles. The van der Waals surface area contributed by atoms with Crippen LogP contribution in [0.25, 0.3) is 11.1 Å². The Morgan fingerprint density at radius 3 is 1.86 bits per heavy atom. The number of carboxylic acid groups (broad SMARTS) is 2. The van der Waals surface area contributed by atoms with Gasteiger partial charge in [-0.25, -0.2) is 14.4 Å². The molecule has 8 N–H and O–H groups in total. The monoisotopic (exact) mass is 591 g/mol. The largest absolute Gasteiger partial charge is 0.479 e. The Hall–Kier alpha value is -3.67. The van der Waals surface area contributed by atoms with Crippen molar-refractivity contribution < 1.29 is 69.1 Å². The lowest BCUT2D eigenvalue weighted by Crippen LogP contribution is -2.67. The third-order valence-corrected chi connectivity index (χ3v) is 7.54. The van der Waals surface area contributed by atoms with Gasteiger partial charge in [0.1, 0.15) is 43.2 Å². The predicted octanol–water partition coefficient (Wildman–Crippen LogP) is -1.67. The van der Waals surface area contributed by atoms with E-state index in [1.807, 2.05) is 48.5 Å². The minimum Gasteiger partial charge on any atom is -0.479 e. The van der Waals surface area contributed by atoms with E-state index >= 15 is 0 Å². The minimum atomic E-state index is -2.08. The van der Waals surface area contributed by atoms with Crippen LogP contribution in [-0.2, 0) is 28.5 Å². The fourth-order valence-electron chi connectivity index (χ4n) is 5.41. The Bertz CT molecular complexity index is 1290. The maximum atomic E-state index is 12.7. The number of hydrogen-bond acceptors (Lipinski definition) is 12. The second-order valence-electron chi connectivity index (χ2n) is 10.1. The van der Waals surface area contributed by atoms with Crippen molar-refractivity contribution in [2.24, 2.45) is 0 Å². The summed E-state index contributed by atoms with van der Waals surface area (Å²) in [5.74, 6) is -3.73. The Kier molecular flexibility index (Phi) is 8.45. The Morgan fingerprint density at radius 2 is 1.29 bits per heavy atom. The number of hydrogen-bond donors (Lipinski definition) is 8. The van der Waals surface area contributed by atoms with Crippen LogP contribution in [0.3, 0.4) is 0 Å². The lowest BCUT2D eigenvalue weighted by Gasteiger charge is -2.44. The highest BCUT2D eigenvalue weighted by Crippen LogP contribution is 2.44. The number of carbonyl (C=O) groups is 3. The first-order chi connectivity index (χ1) is 20.0. The van der Waals surface area contributed by atoms with Crippen LogP contribution in [0.1, 0.15) is 17.0 Å². The number of aliphatic hydroxyl groups excluding tert-OH is 5. The summed E-state index contributed by atoms with van der Waals surface area (Å²) in [6, 6.07) is 15.2. The summed E-state index contributed by atoms with van der Waals surface area (Å²) in [6.07, 6.45) is -21.3. The quantitative estimate of drug-likeness (QED) is 0.180. The molecule has 0 bridgehead atoms. The molecule has 3 aliphatic rings. The van der Waals surface area contributed by atoms with E-state index in [1.165, 1.54) is 0 Å². The molecule has 2 aliphatic heterocycles. The molecule has 2 aromatic rings. The van der Waals surface area contributed by atoms with E-state index in [1.54, 1.807) is 0 Å². The number of carboxylic acids is 2. The van der Waals surface area contributed by atoms with Crippen LogP contribution in [0, 0.1) is 0 Å². The molecular weight excluding hydrogens is 562 g/mol. The van der Waals surface area contributed by atoms with Gasteiger partial charge in [0.05, 0.1) is 0 Å². The van der Waals surface area contributed by atoms with Crippen LogP contribution in [0.5, 0.6) is 0 Å². The molecule has 2 fully saturated rings. The van der Waals surface area contributed by atoms with Crippen LogP contribution >= 0.6 is 0 Å². The van der Waals surface area contributed by atoms with E-state index in [9.17, 15) is 50.1 Å². The first kappa shape index (κ1) is 29.8. The Balaban J connectivity index is 1.25. The smallest absolute Gasteiger partial charge is 0.409 e. The number of aliphatic carboxylic acids is 2. The number of aliphatic hydroxyl groups is 5. The molecule has 0 saturated carbocycles. The predicted molar refractivity (Wildman–Crippen MR) is 136 cm³/mol. The van der Waals surface area contributed by atoms with Gasteiger partial charge in [-0.05, 0) is 22.3 Å². The van der Waals surface area contributed by atoms with Crippen LogP contribution in [0.4, 0.5) is 4.79 Å². The molecule has 2 saturated heterocycles. The average Bonchev–Trinajstić information content (AvgIpc) is 3.29. The van der Waals surface area contributed by atoms with Crippen molar-refractivity contribution >= 4 is 18.0 Å². The maximum Gasteiger partial charge on any atom is 0.409 e. The van der Waals surface area contributed by atoms with Gasteiger partial charge in [0.15, 0.2) is 24.7 Å². The number of rotatable bonds is 7. The van der Waals surface area contributed by atoms with Crippen molar-refractivity contribution in [3.63, 3.8) is 0 Å². The first-order valence-corrected chi connectivity index (χ1v) is 12.9. The van der Waals surface area contributed by atoms with Crippen molar-refractivity contribution in [3.8, 4) is 11.1 Å². The van der Waals surface area contributed by atoms with Gasteiger partial charge in [-0.2, -0.15) is 0 Å². The zero-order valence-electron chi connectivity index (χ0n) is 21.7. The van der Waals surface area contributed by atoms with E-state index < -0.39 is 79.4 Å². The molecule has 42 heavy (non-hydrogen) atoms. The highest BCUT2D eigenvalue weighted by atomic mass is 16.7. The molecule has 0 unspecified atom stereocenters. The van der Waals surface area contributed by atoms with Crippen molar-refractivity contribution in [1.29, 1.82) is 0 Å². The third-order valence-electron chi connectivity index (χ3n) is 7.54. The average molecular weight is 592 g/mol. The summed E-state index contributed by atoms with van der Waals surface area (Å²) in [7, 11) is 0. The van der Waals surface area contributed by atoms with E-state index in [4.69, 9.17) is 18.9 Å². The number of amides is 1. The standard InChI is InChI=1S/C27H29NO14/c29-15-16(30)21(24(34)35)42-26(19(15)33)41-20-17(31)18(32)23(40-22(20)25(36)37)28-27(38)39-9-14-12-7-3-1-5-10(12)11-6-2-4-8-13(11)14/h1-8,14-23,26,29-33H,9H2,(H,28,38)(H,34,35)(H,36,37)/t15-,16-,17+,18+,19+,20-,21-,22-,23+,26+/m0/s1. The summed E-state index contributed by atoms with van der Waals surface area (Å²) in [5.41, 5.74) is 3.87. The second kappa shape index (κ2) is 11.9. The Labute approximate surface area is 237 Å². The molecule has 10 atom stereocenters. The van der Waals surface area contributed by atoms with Crippen molar-refractivity contribution in [1.82, 2.24) is 5.32 Å². The summed E-state index contributed by atoms with van der Waals surface area (Å²) < 4.78 is 20.9. The normalized spacial score (nSPS) is 34.2. The number of benzene rings is 2. The number of ether oxygens (including phenoxy) is 4. The zero-order chi connectivity index (χ0) is 30.3. The number of carbonyl (C=O) groups excluding carboxylic acids is 1. The molecule has 0 spiro atoms. The van der Waals surface area contributed by atoms with Gasteiger partial charge < -0.3 is 54.7 Å². The van der Waals surface area contributed by atoms with Gasteiger partial charge in [0, 0.05) is 5.92 Å². The van der Waals surface area contributed by atoms with Crippen molar-refractivity contribution in [2.45, 2.75) is 67.3 Å². The molecule has 5 rings (SSSR count). The summed E-state index contributed by atoms with van der Waals surface area (Å²) in [4.78, 5) is 36.0. The molecule has 226 valence electrons. The van der Waals surface area contributed by atoms with E-state index in [0.717, 1.165) is 22.3 Å². The number of alkyl carbamates (subject to hydrolysis) is 1. The van der Waals surface area contributed by atoms with E-state index in [2.05, 4.69) is 5.32 Å². The highest BCUT2D eigenvalue weighted by molar-refractivity contribution is 5.79. The zero-order valence-corrected chi connectivity index (χ0v) is 21.7. The lowest BCUT2D eigenvalue weighted by molar-refractivity contribution is -0.334. The van der Waals surface area contributed by atoms with E-state index in [-0.39, 0.29) is 12.5 Å². The number of nitrogens with one attached hydrogen (secondary N) is 1. The van der Waals surface area contributed by atoms with Crippen LogP contribution in [0.15, 0.2) is 48.5 Å². The third kappa shape index (κ3) is 5.44. The maximum absolute atomic E-state index is 12.7. The second-order valence-corrected chi connectivity index (χ2v) is 10.1. The van der Waals surface area contributed by atoms with Gasteiger partial charge in [0.2, 0.25) is 0 Å². The van der Waals surface area contributed by atoms with Gasteiger partial charge in [-0.15, -0.1) is 0 Å².